The molecule has 0 aromatic heterocycles. The monoisotopic (exact) mass is 381 g/mol. The van der Waals surface area contributed by atoms with Crippen LogP contribution >= 0.6 is 11.6 Å². The number of carboxylic acid groups (broad SMARTS) is 1. The van der Waals surface area contributed by atoms with Crippen molar-refractivity contribution in [2.75, 3.05) is 6.54 Å². The third-order valence-corrected chi connectivity index (χ3v) is 4.85. The van der Waals surface area contributed by atoms with Gasteiger partial charge in [0, 0.05) is 23.7 Å². The molecular formula is C19H28ClN3O3. The topological polar surface area (TPSA) is 81.7 Å². The maximum Gasteiger partial charge on any atom is 0.408 e. The highest BCUT2D eigenvalue weighted by Gasteiger charge is 2.27. The van der Waals surface area contributed by atoms with Gasteiger partial charge < -0.3 is 15.7 Å². The first-order valence-electron chi connectivity index (χ1n) is 8.97. The summed E-state index contributed by atoms with van der Waals surface area (Å²) in [5.41, 5.74) is 1.14. The van der Waals surface area contributed by atoms with Crippen LogP contribution in [-0.4, -0.2) is 40.1 Å². The zero-order chi connectivity index (χ0) is 19.3. The number of hydrogen-bond acceptors (Lipinski definition) is 3. The first-order valence-corrected chi connectivity index (χ1v) is 9.35. The summed E-state index contributed by atoms with van der Waals surface area (Å²) in [5.74, 6) is -0.0264. The average Bonchev–Trinajstić information content (AvgIpc) is 2.58. The van der Waals surface area contributed by atoms with Crippen LogP contribution in [0.5, 0.6) is 0 Å². The normalized spacial score (nSPS) is 17.6. The molecule has 1 saturated heterocycles. The van der Waals surface area contributed by atoms with E-state index in [0.29, 0.717) is 11.6 Å². The van der Waals surface area contributed by atoms with Gasteiger partial charge in [0.25, 0.3) is 0 Å². The summed E-state index contributed by atoms with van der Waals surface area (Å²) < 4.78 is 0. The highest BCUT2D eigenvalue weighted by molar-refractivity contribution is 6.30. The van der Waals surface area contributed by atoms with Gasteiger partial charge in [0.15, 0.2) is 0 Å². The molecule has 7 heteroatoms. The van der Waals surface area contributed by atoms with Crippen LogP contribution < -0.4 is 10.6 Å². The highest BCUT2D eigenvalue weighted by atomic mass is 35.5. The Bertz CT molecular complexity index is 652. The standard InChI is InChI=1S/C19H28ClN3O3/c1-19(2,3)23(18(25)26)12-13-7-8-15(20)10-14(13)11-22-17(24)16-6-4-5-9-21-16/h7-8,10,16,21H,4-6,9,11-12H2,1-3H3,(H,22,24)(H,25,26)/t16-/m0/s1. The van der Waals surface area contributed by atoms with Crippen LogP contribution in [0.25, 0.3) is 0 Å². The van der Waals surface area contributed by atoms with E-state index in [4.69, 9.17) is 11.6 Å². The lowest BCUT2D eigenvalue weighted by Gasteiger charge is -2.33. The van der Waals surface area contributed by atoms with Gasteiger partial charge in [0.2, 0.25) is 5.91 Å². The fourth-order valence-electron chi connectivity index (χ4n) is 3.06. The molecular weight excluding hydrogens is 354 g/mol. The van der Waals surface area contributed by atoms with Crippen molar-refractivity contribution in [2.24, 2.45) is 0 Å². The zero-order valence-corrected chi connectivity index (χ0v) is 16.4. The third kappa shape index (κ3) is 5.61. The second-order valence-corrected chi connectivity index (χ2v) is 8.11. The summed E-state index contributed by atoms with van der Waals surface area (Å²) in [4.78, 5) is 25.3. The van der Waals surface area contributed by atoms with Crippen molar-refractivity contribution < 1.29 is 14.7 Å². The minimum absolute atomic E-state index is 0.0264. The molecule has 0 radical (unpaired) electrons. The molecule has 1 heterocycles. The van der Waals surface area contributed by atoms with Gasteiger partial charge in [-0.05, 0) is 63.4 Å². The van der Waals surface area contributed by atoms with E-state index in [0.717, 1.165) is 36.9 Å². The van der Waals surface area contributed by atoms with Crippen LogP contribution in [0.15, 0.2) is 18.2 Å². The molecule has 1 aromatic rings. The number of nitrogens with zero attached hydrogens (tertiary/aromatic N) is 1. The summed E-state index contributed by atoms with van der Waals surface area (Å²) in [7, 11) is 0. The van der Waals surface area contributed by atoms with E-state index in [1.54, 1.807) is 12.1 Å². The molecule has 2 amide bonds. The summed E-state index contributed by atoms with van der Waals surface area (Å²) >= 11 is 6.11. The van der Waals surface area contributed by atoms with Gasteiger partial charge in [-0.15, -0.1) is 0 Å². The molecule has 1 aromatic carbocycles. The molecule has 0 spiro atoms. The minimum atomic E-state index is -0.978. The van der Waals surface area contributed by atoms with Crippen molar-refractivity contribution in [2.45, 2.75) is 64.7 Å². The minimum Gasteiger partial charge on any atom is -0.465 e. The summed E-state index contributed by atoms with van der Waals surface area (Å²) in [6.07, 6.45) is 2.01. The maximum absolute atomic E-state index is 12.3. The predicted molar refractivity (Wildman–Crippen MR) is 102 cm³/mol. The van der Waals surface area contributed by atoms with Gasteiger partial charge in [0.1, 0.15) is 0 Å². The van der Waals surface area contributed by atoms with Gasteiger partial charge >= 0.3 is 6.09 Å². The van der Waals surface area contributed by atoms with Gasteiger partial charge in [0.05, 0.1) is 6.04 Å². The van der Waals surface area contributed by atoms with Crippen LogP contribution in [0.3, 0.4) is 0 Å². The molecule has 0 aliphatic carbocycles. The van der Waals surface area contributed by atoms with Crippen molar-refractivity contribution in [3.63, 3.8) is 0 Å². The second kappa shape index (κ2) is 8.73. The van der Waals surface area contributed by atoms with Crippen LogP contribution in [-0.2, 0) is 17.9 Å². The van der Waals surface area contributed by atoms with E-state index in [2.05, 4.69) is 10.6 Å². The molecule has 1 atom stereocenters. The average molecular weight is 382 g/mol. The van der Waals surface area contributed by atoms with Crippen molar-refractivity contribution in [3.8, 4) is 0 Å². The van der Waals surface area contributed by atoms with Gasteiger partial charge in [-0.3, -0.25) is 9.69 Å². The van der Waals surface area contributed by atoms with Crippen molar-refractivity contribution >= 4 is 23.6 Å². The summed E-state index contributed by atoms with van der Waals surface area (Å²) in [5, 5.41) is 16.3. The predicted octanol–water partition coefficient (Wildman–Crippen LogP) is 3.38. The molecule has 0 bridgehead atoms. The number of hydrogen-bond donors (Lipinski definition) is 3. The Balaban J connectivity index is 2.11. The van der Waals surface area contributed by atoms with E-state index >= 15 is 0 Å². The van der Waals surface area contributed by atoms with E-state index < -0.39 is 11.6 Å². The van der Waals surface area contributed by atoms with Crippen LogP contribution in [0.1, 0.15) is 51.2 Å². The van der Waals surface area contributed by atoms with Crippen LogP contribution in [0, 0.1) is 0 Å². The number of halogens is 1. The molecule has 2 rings (SSSR count). The van der Waals surface area contributed by atoms with Crippen LogP contribution in [0.4, 0.5) is 4.79 Å². The van der Waals surface area contributed by atoms with Crippen molar-refractivity contribution in [1.29, 1.82) is 0 Å². The molecule has 0 saturated carbocycles. The Hall–Kier alpha value is -1.79. The van der Waals surface area contributed by atoms with Gasteiger partial charge in [-0.2, -0.15) is 0 Å². The number of amides is 2. The summed E-state index contributed by atoms with van der Waals surface area (Å²) in [6.45, 7) is 6.99. The Morgan fingerprint density at radius 1 is 1.31 bits per heavy atom. The van der Waals surface area contributed by atoms with E-state index in [1.807, 2.05) is 26.8 Å². The molecule has 1 aliphatic rings. The van der Waals surface area contributed by atoms with E-state index in [9.17, 15) is 14.7 Å². The maximum atomic E-state index is 12.3. The second-order valence-electron chi connectivity index (χ2n) is 7.67. The van der Waals surface area contributed by atoms with Crippen molar-refractivity contribution in [3.05, 3.63) is 34.3 Å². The van der Waals surface area contributed by atoms with Gasteiger partial charge in [-0.25, -0.2) is 4.79 Å². The van der Waals surface area contributed by atoms with E-state index in [-0.39, 0.29) is 18.5 Å². The SMILES string of the molecule is CC(C)(C)N(Cc1ccc(Cl)cc1CNC(=O)[C@@H]1CCCCN1)C(=O)O. The molecule has 1 fully saturated rings. The Morgan fingerprint density at radius 2 is 2.04 bits per heavy atom. The quantitative estimate of drug-likeness (QED) is 0.730. The first-order chi connectivity index (χ1) is 12.2. The number of benzene rings is 1. The zero-order valence-electron chi connectivity index (χ0n) is 15.6. The number of nitrogens with one attached hydrogen (secondary N) is 2. The fraction of sp³-hybridized carbons (Fsp3) is 0.579. The first kappa shape index (κ1) is 20.5. The Morgan fingerprint density at radius 3 is 2.62 bits per heavy atom. The number of carbonyl (C=O) groups is 2. The molecule has 6 nitrogen and oxygen atoms in total. The Kier molecular flexibility index (Phi) is 6.89. The molecule has 26 heavy (non-hydrogen) atoms. The lowest BCUT2D eigenvalue weighted by Crippen LogP contribution is -2.46. The third-order valence-electron chi connectivity index (χ3n) is 4.62. The molecule has 144 valence electrons. The number of piperidine rings is 1. The fourth-order valence-corrected chi connectivity index (χ4v) is 3.25. The van der Waals surface area contributed by atoms with Gasteiger partial charge in [-0.1, -0.05) is 24.1 Å². The molecule has 1 aliphatic heterocycles. The van der Waals surface area contributed by atoms with Crippen molar-refractivity contribution in [1.82, 2.24) is 15.5 Å². The molecule has 3 N–H and O–H groups in total. The van der Waals surface area contributed by atoms with Crippen LogP contribution in [0.2, 0.25) is 5.02 Å². The lowest BCUT2D eigenvalue weighted by atomic mass is 10.0. The lowest BCUT2D eigenvalue weighted by molar-refractivity contribution is -0.123. The smallest absolute Gasteiger partial charge is 0.408 e. The van der Waals surface area contributed by atoms with E-state index in [1.165, 1.54) is 4.90 Å². The highest BCUT2D eigenvalue weighted by Crippen LogP contribution is 2.22. The number of carbonyl (C=O) groups excluding carboxylic acids is 1. The molecule has 0 unspecified atom stereocenters. The Labute approximate surface area is 159 Å². The largest absolute Gasteiger partial charge is 0.465 e. The summed E-state index contributed by atoms with van der Waals surface area (Å²) in [6, 6.07) is 5.20. The number of rotatable bonds is 5.